The number of fused-ring (bicyclic) bond motifs is 2. The third kappa shape index (κ3) is 2.01. The minimum Gasteiger partial charge on any atom is -0.294 e. The summed E-state index contributed by atoms with van der Waals surface area (Å²) in [5.74, 6) is 0.877. The largest absolute Gasteiger partial charge is 0.294 e. The van der Waals surface area contributed by atoms with E-state index in [0.29, 0.717) is 17.8 Å². The van der Waals surface area contributed by atoms with Crippen LogP contribution in [0.1, 0.15) is 39.5 Å². The molecular formula is C16H14N4O. The van der Waals surface area contributed by atoms with E-state index in [1.165, 1.54) is 17.5 Å². The number of rotatable bonds is 1. The highest BCUT2D eigenvalue weighted by Crippen LogP contribution is 2.32. The van der Waals surface area contributed by atoms with Gasteiger partial charge in [-0.3, -0.25) is 4.79 Å². The number of hydrogen-bond donors (Lipinski definition) is 0. The quantitative estimate of drug-likeness (QED) is 0.685. The Hall–Kier alpha value is -2.56. The molecule has 1 aliphatic carbocycles. The van der Waals surface area contributed by atoms with Crippen molar-refractivity contribution in [1.82, 2.24) is 19.6 Å². The van der Waals surface area contributed by atoms with E-state index in [9.17, 15) is 4.79 Å². The molecule has 0 N–H and O–H groups in total. The van der Waals surface area contributed by atoms with Gasteiger partial charge in [0.25, 0.3) is 5.78 Å². The molecule has 3 aromatic rings. The minimum absolute atomic E-state index is 0.132. The molecule has 0 radical (unpaired) electrons. The van der Waals surface area contributed by atoms with Crippen LogP contribution in [0.15, 0.2) is 36.8 Å². The van der Waals surface area contributed by atoms with Crippen LogP contribution in [-0.4, -0.2) is 25.4 Å². The molecule has 1 aromatic carbocycles. The number of carbonyl (C=O) groups excluding carboxylic acids is 1. The Labute approximate surface area is 121 Å². The fourth-order valence-electron chi connectivity index (χ4n) is 2.98. The highest BCUT2D eigenvalue weighted by Gasteiger charge is 2.28. The molecule has 0 amide bonds. The van der Waals surface area contributed by atoms with Gasteiger partial charge in [-0.05, 0) is 24.8 Å². The Morgan fingerprint density at radius 1 is 1.29 bits per heavy atom. The SMILES string of the molecule is Cc1cccc(C2CC(=O)c3cn4ncnc4nc3C2)c1. The minimum atomic E-state index is 0.132. The van der Waals surface area contributed by atoms with E-state index in [1.807, 2.05) is 6.07 Å². The van der Waals surface area contributed by atoms with Crippen LogP contribution in [0.3, 0.4) is 0 Å². The molecule has 2 aromatic heterocycles. The van der Waals surface area contributed by atoms with E-state index >= 15 is 0 Å². The molecule has 0 fully saturated rings. The Balaban J connectivity index is 1.78. The van der Waals surface area contributed by atoms with Crippen molar-refractivity contribution in [1.29, 1.82) is 0 Å². The first kappa shape index (κ1) is 12.2. The number of aromatic nitrogens is 4. The van der Waals surface area contributed by atoms with Crippen molar-refractivity contribution in [3.63, 3.8) is 0 Å². The van der Waals surface area contributed by atoms with Gasteiger partial charge in [0.1, 0.15) is 6.33 Å². The predicted molar refractivity (Wildman–Crippen MR) is 77.4 cm³/mol. The first-order valence-corrected chi connectivity index (χ1v) is 7.00. The molecule has 2 heterocycles. The van der Waals surface area contributed by atoms with Crippen molar-refractivity contribution in [2.75, 3.05) is 0 Å². The van der Waals surface area contributed by atoms with Gasteiger partial charge in [0.2, 0.25) is 0 Å². The summed E-state index contributed by atoms with van der Waals surface area (Å²) in [7, 11) is 0. The van der Waals surface area contributed by atoms with E-state index in [2.05, 4.69) is 40.2 Å². The molecule has 0 bridgehead atoms. The van der Waals surface area contributed by atoms with Crippen LogP contribution in [0, 0.1) is 6.92 Å². The summed E-state index contributed by atoms with van der Waals surface area (Å²) in [6, 6.07) is 8.35. The van der Waals surface area contributed by atoms with E-state index in [0.717, 1.165) is 12.1 Å². The molecule has 4 rings (SSSR count). The summed E-state index contributed by atoms with van der Waals surface area (Å²) in [6.45, 7) is 2.07. The topological polar surface area (TPSA) is 60.2 Å². The molecule has 104 valence electrons. The van der Waals surface area contributed by atoms with E-state index < -0.39 is 0 Å². The summed E-state index contributed by atoms with van der Waals surface area (Å²) in [5, 5.41) is 4.04. The Morgan fingerprint density at radius 2 is 2.19 bits per heavy atom. The van der Waals surface area contributed by atoms with E-state index in [1.54, 1.807) is 10.7 Å². The van der Waals surface area contributed by atoms with Gasteiger partial charge in [-0.15, -0.1) is 0 Å². The summed E-state index contributed by atoms with van der Waals surface area (Å²) in [6.07, 6.45) is 4.50. The van der Waals surface area contributed by atoms with Gasteiger partial charge in [-0.2, -0.15) is 10.1 Å². The zero-order valence-corrected chi connectivity index (χ0v) is 11.7. The van der Waals surface area contributed by atoms with Crippen LogP contribution in [0.2, 0.25) is 0 Å². The van der Waals surface area contributed by atoms with Crippen LogP contribution in [-0.2, 0) is 6.42 Å². The van der Waals surface area contributed by atoms with Crippen molar-refractivity contribution in [3.8, 4) is 0 Å². The average molecular weight is 278 g/mol. The standard InChI is InChI=1S/C16H14N4O/c1-10-3-2-4-11(5-10)12-6-14-13(15(21)7-12)8-20-16(19-14)17-9-18-20/h2-5,8-9,12H,6-7H2,1H3. The fraction of sp³-hybridized carbons (Fsp3) is 0.250. The highest BCUT2D eigenvalue weighted by molar-refractivity contribution is 5.98. The van der Waals surface area contributed by atoms with Gasteiger partial charge in [-0.25, -0.2) is 9.50 Å². The Morgan fingerprint density at radius 3 is 3.05 bits per heavy atom. The number of Topliss-reactive ketones (excluding diaryl/α,β-unsaturated/α-hetero) is 1. The van der Waals surface area contributed by atoms with Gasteiger partial charge < -0.3 is 0 Å². The molecule has 5 nitrogen and oxygen atoms in total. The zero-order chi connectivity index (χ0) is 14.4. The number of nitrogens with zero attached hydrogens (tertiary/aromatic N) is 4. The molecule has 21 heavy (non-hydrogen) atoms. The van der Waals surface area contributed by atoms with Gasteiger partial charge in [0, 0.05) is 12.6 Å². The lowest BCUT2D eigenvalue weighted by Gasteiger charge is -2.23. The number of carbonyl (C=O) groups is 1. The summed E-state index contributed by atoms with van der Waals surface area (Å²) in [5.41, 5.74) is 3.93. The Kier molecular flexibility index (Phi) is 2.60. The molecule has 0 saturated heterocycles. The highest BCUT2D eigenvalue weighted by atomic mass is 16.1. The van der Waals surface area contributed by atoms with Crippen LogP contribution in [0.5, 0.6) is 0 Å². The maximum Gasteiger partial charge on any atom is 0.252 e. The average Bonchev–Trinajstić information content (AvgIpc) is 2.92. The van der Waals surface area contributed by atoms with Gasteiger partial charge in [-0.1, -0.05) is 29.8 Å². The first-order chi connectivity index (χ1) is 10.2. The predicted octanol–water partition coefficient (Wildman–Crippen LogP) is 2.35. The maximum absolute atomic E-state index is 12.4. The van der Waals surface area contributed by atoms with Crippen molar-refractivity contribution < 1.29 is 4.79 Å². The molecule has 0 saturated carbocycles. The lowest BCUT2D eigenvalue weighted by molar-refractivity contribution is 0.0962. The number of benzene rings is 1. The van der Waals surface area contributed by atoms with Crippen LogP contribution < -0.4 is 0 Å². The Bertz CT molecular complexity index is 852. The lowest BCUT2D eigenvalue weighted by Crippen LogP contribution is -2.21. The maximum atomic E-state index is 12.4. The molecule has 1 aliphatic rings. The molecule has 5 heteroatoms. The second-order valence-corrected chi connectivity index (χ2v) is 5.55. The van der Waals surface area contributed by atoms with Crippen molar-refractivity contribution in [2.45, 2.75) is 25.7 Å². The van der Waals surface area contributed by atoms with Crippen LogP contribution in [0.25, 0.3) is 5.78 Å². The molecule has 1 unspecified atom stereocenters. The summed E-state index contributed by atoms with van der Waals surface area (Å²) >= 11 is 0. The van der Waals surface area contributed by atoms with Crippen LogP contribution >= 0.6 is 0 Å². The lowest BCUT2D eigenvalue weighted by atomic mass is 9.82. The number of ketones is 1. The zero-order valence-electron chi connectivity index (χ0n) is 11.7. The molecule has 0 aliphatic heterocycles. The first-order valence-electron chi connectivity index (χ1n) is 7.00. The second kappa shape index (κ2) is 4.48. The van der Waals surface area contributed by atoms with Crippen molar-refractivity contribution in [2.24, 2.45) is 0 Å². The van der Waals surface area contributed by atoms with Crippen LogP contribution in [0.4, 0.5) is 0 Å². The molecule has 1 atom stereocenters. The smallest absolute Gasteiger partial charge is 0.252 e. The van der Waals surface area contributed by atoms with Crippen molar-refractivity contribution in [3.05, 3.63) is 59.2 Å². The monoisotopic (exact) mass is 278 g/mol. The van der Waals surface area contributed by atoms with Gasteiger partial charge in [0.05, 0.1) is 11.3 Å². The number of aryl methyl sites for hydroxylation is 1. The third-order valence-corrected chi connectivity index (χ3v) is 4.04. The second-order valence-electron chi connectivity index (χ2n) is 5.55. The van der Waals surface area contributed by atoms with Crippen molar-refractivity contribution >= 4 is 11.6 Å². The molecule has 0 spiro atoms. The van der Waals surface area contributed by atoms with Gasteiger partial charge in [0.15, 0.2) is 5.78 Å². The summed E-state index contributed by atoms with van der Waals surface area (Å²) in [4.78, 5) is 21.0. The van der Waals surface area contributed by atoms with E-state index in [-0.39, 0.29) is 11.7 Å². The third-order valence-electron chi connectivity index (χ3n) is 4.04. The molecular weight excluding hydrogens is 264 g/mol. The normalized spacial score (nSPS) is 18.0. The fourth-order valence-corrected chi connectivity index (χ4v) is 2.98. The summed E-state index contributed by atoms with van der Waals surface area (Å²) < 4.78 is 1.56. The van der Waals surface area contributed by atoms with Gasteiger partial charge >= 0.3 is 0 Å². The number of hydrogen-bond acceptors (Lipinski definition) is 4. The van der Waals surface area contributed by atoms with E-state index in [4.69, 9.17) is 0 Å².